The molecule has 1 saturated carbocycles. The smallest absolute Gasteiger partial charge is 0.254 e. The molecule has 0 atom stereocenters. The number of nitrogens with zero attached hydrogens (tertiary/aromatic N) is 1. The second-order valence-corrected chi connectivity index (χ2v) is 5.31. The molecule has 1 aliphatic carbocycles. The molecule has 0 aliphatic heterocycles. The summed E-state index contributed by atoms with van der Waals surface area (Å²) in [5.74, 6) is 0.0512. The maximum Gasteiger partial charge on any atom is 0.254 e. The van der Waals surface area contributed by atoms with Crippen LogP contribution in [0.4, 0.5) is 5.69 Å². The first kappa shape index (κ1) is 13.4. The largest absolute Gasteiger partial charge is 0.398 e. The van der Waals surface area contributed by atoms with E-state index in [2.05, 4.69) is 15.9 Å². The Balaban J connectivity index is 2.13. The highest BCUT2D eigenvalue weighted by Gasteiger charge is 2.32. The maximum atomic E-state index is 12.4. The Kier molecular flexibility index (Phi) is 4.24. The van der Waals surface area contributed by atoms with Crippen LogP contribution in [0.3, 0.4) is 0 Å². The van der Waals surface area contributed by atoms with Crippen LogP contribution in [-0.4, -0.2) is 37.1 Å². The predicted octanol–water partition coefficient (Wildman–Crippen LogP) is 2.28. The van der Waals surface area contributed by atoms with E-state index in [1.165, 1.54) is 0 Å². The second-order valence-electron chi connectivity index (χ2n) is 4.46. The van der Waals surface area contributed by atoms with Gasteiger partial charge in [-0.3, -0.25) is 4.79 Å². The highest BCUT2D eigenvalue weighted by molar-refractivity contribution is 9.10. The molecule has 2 N–H and O–H groups in total. The summed E-state index contributed by atoms with van der Waals surface area (Å²) in [5, 5.41) is 0. The summed E-state index contributed by atoms with van der Waals surface area (Å²) in [6.07, 6.45) is 2.18. The van der Waals surface area contributed by atoms with Gasteiger partial charge < -0.3 is 15.4 Å². The lowest BCUT2D eigenvalue weighted by molar-refractivity contribution is 0.0680. The van der Waals surface area contributed by atoms with Crippen molar-refractivity contribution in [2.24, 2.45) is 0 Å². The van der Waals surface area contributed by atoms with Gasteiger partial charge in [0.15, 0.2) is 0 Å². The van der Waals surface area contributed by atoms with Crippen molar-refractivity contribution < 1.29 is 9.53 Å². The number of hydrogen-bond acceptors (Lipinski definition) is 3. The Morgan fingerprint density at radius 3 is 2.83 bits per heavy atom. The van der Waals surface area contributed by atoms with E-state index >= 15 is 0 Å². The van der Waals surface area contributed by atoms with Crippen molar-refractivity contribution in [2.75, 3.05) is 26.0 Å². The average Bonchev–Trinajstić information content (AvgIpc) is 3.17. The van der Waals surface area contributed by atoms with E-state index in [9.17, 15) is 4.79 Å². The van der Waals surface area contributed by atoms with Crippen LogP contribution in [0.5, 0.6) is 0 Å². The zero-order valence-electron chi connectivity index (χ0n) is 10.4. The van der Waals surface area contributed by atoms with E-state index in [1.807, 2.05) is 4.90 Å². The Morgan fingerprint density at radius 1 is 1.56 bits per heavy atom. The molecule has 0 heterocycles. The summed E-state index contributed by atoms with van der Waals surface area (Å²) in [4.78, 5) is 14.3. The first-order valence-electron chi connectivity index (χ1n) is 5.98. The lowest BCUT2D eigenvalue weighted by Crippen LogP contribution is -2.35. The van der Waals surface area contributed by atoms with Crippen molar-refractivity contribution in [3.05, 3.63) is 28.2 Å². The third-order valence-corrected chi connectivity index (χ3v) is 3.72. The molecule has 0 bridgehead atoms. The van der Waals surface area contributed by atoms with E-state index in [1.54, 1.807) is 25.3 Å². The van der Waals surface area contributed by atoms with Crippen LogP contribution in [0.1, 0.15) is 23.2 Å². The molecule has 0 aromatic heterocycles. The fourth-order valence-corrected chi connectivity index (χ4v) is 2.23. The van der Waals surface area contributed by atoms with Gasteiger partial charge in [0, 0.05) is 35.4 Å². The molecule has 1 fully saturated rings. The first-order chi connectivity index (χ1) is 8.63. The maximum absolute atomic E-state index is 12.4. The van der Waals surface area contributed by atoms with Gasteiger partial charge >= 0.3 is 0 Å². The standard InChI is InChI=1S/C13H17BrN2O2/c1-18-7-6-16(10-3-4-10)13(17)9-2-5-12(15)11(14)8-9/h2,5,8,10H,3-4,6-7,15H2,1H3. The van der Waals surface area contributed by atoms with Crippen LogP contribution in [0, 0.1) is 0 Å². The molecule has 18 heavy (non-hydrogen) atoms. The van der Waals surface area contributed by atoms with Crippen molar-refractivity contribution in [1.82, 2.24) is 4.90 Å². The molecule has 0 radical (unpaired) electrons. The number of carbonyl (C=O) groups excluding carboxylic acids is 1. The quantitative estimate of drug-likeness (QED) is 0.849. The normalized spacial score (nSPS) is 14.6. The van der Waals surface area contributed by atoms with Crippen LogP contribution in [0.15, 0.2) is 22.7 Å². The van der Waals surface area contributed by atoms with Crippen LogP contribution >= 0.6 is 15.9 Å². The fourth-order valence-electron chi connectivity index (χ4n) is 1.85. The summed E-state index contributed by atoms with van der Waals surface area (Å²) >= 11 is 3.35. The van der Waals surface area contributed by atoms with Gasteiger partial charge in [0.25, 0.3) is 5.91 Å². The number of benzene rings is 1. The third kappa shape index (κ3) is 3.03. The van der Waals surface area contributed by atoms with Crippen molar-refractivity contribution in [2.45, 2.75) is 18.9 Å². The number of anilines is 1. The number of halogens is 1. The Labute approximate surface area is 115 Å². The van der Waals surface area contributed by atoms with E-state index in [-0.39, 0.29) is 5.91 Å². The van der Waals surface area contributed by atoms with E-state index in [4.69, 9.17) is 10.5 Å². The number of nitrogen functional groups attached to an aromatic ring is 1. The van der Waals surface area contributed by atoms with Crippen LogP contribution < -0.4 is 5.73 Å². The van der Waals surface area contributed by atoms with Gasteiger partial charge in [0.1, 0.15) is 0 Å². The molecule has 2 rings (SSSR count). The first-order valence-corrected chi connectivity index (χ1v) is 6.77. The van der Waals surface area contributed by atoms with Crippen molar-refractivity contribution in [1.29, 1.82) is 0 Å². The zero-order chi connectivity index (χ0) is 13.1. The second kappa shape index (κ2) is 5.71. The Bertz CT molecular complexity index is 447. The Hall–Kier alpha value is -1.07. The molecular weight excluding hydrogens is 296 g/mol. The Morgan fingerprint density at radius 2 is 2.28 bits per heavy atom. The molecule has 1 aromatic carbocycles. The molecule has 1 aromatic rings. The lowest BCUT2D eigenvalue weighted by atomic mass is 10.2. The molecular formula is C13H17BrN2O2. The predicted molar refractivity (Wildman–Crippen MR) is 74.5 cm³/mol. The minimum Gasteiger partial charge on any atom is -0.398 e. The van der Waals surface area contributed by atoms with Crippen LogP contribution in [0.25, 0.3) is 0 Å². The molecule has 1 aliphatic rings. The fraction of sp³-hybridized carbons (Fsp3) is 0.462. The SMILES string of the molecule is COCCN(C(=O)c1ccc(N)c(Br)c1)C1CC1. The molecule has 5 heteroatoms. The van der Waals surface area contributed by atoms with E-state index < -0.39 is 0 Å². The van der Waals surface area contributed by atoms with Gasteiger partial charge in [-0.2, -0.15) is 0 Å². The summed E-state index contributed by atoms with van der Waals surface area (Å²) in [6.45, 7) is 1.21. The highest BCUT2D eigenvalue weighted by Crippen LogP contribution is 2.29. The molecule has 1 amide bonds. The minimum absolute atomic E-state index is 0.0512. The zero-order valence-corrected chi connectivity index (χ0v) is 11.9. The van der Waals surface area contributed by atoms with Crippen molar-refractivity contribution in [3.63, 3.8) is 0 Å². The molecule has 0 saturated heterocycles. The highest BCUT2D eigenvalue weighted by atomic mass is 79.9. The number of rotatable bonds is 5. The van der Waals surface area contributed by atoms with Gasteiger partial charge in [-0.1, -0.05) is 0 Å². The number of methoxy groups -OCH3 is 1. The van der Waals surface area contributed by atoms with Gasteiger partial charge in [0.2, 0.25) is 0 Å². The summed E-state index contributed by atoms with van der Waals surface area (Å²) in [7, 11) is 1.65. The van der Waals surface area contributed by atoms with Gasteiger partial charge in [-0.15, -0.1) is 0 Å². The molecule has 0 spiro atoms. The van der Waals surface area contributed by atoms with E-state index in [0.29, 0.717) is 30.4 Å². The van der Waals surface area contributed by atoms with Gasteiger partial charge in [-0.05, 0) is 47.0 Å². The number of carbonyl (C=O) groups is 1. The topological polar surface area (TPSA) is 55.6 Å². The van der Waals surface area contributed by atoms with Crippen molar-refractivity contribution >= 4 is 27.5 Å². The minimum atomic E-state index is 0.0512. The number of ether oxygens (including phenoxy) is 1. The number of hydrogen-bond donors (Lipinski definition) is 1. The average molecular weight is 313 g/mol. The van der Waals surface area contributed by atoms with E-state index in [0.717, 1.165) is 17.3 Å². The molecule has 0 unspecified atom stereocenters. The summed E-state index contributed by atoms with van der Waals surface area (Å²) in [5.41, 5.74) is 7.03. The number of amides is 1. The van der Waals surface area contributed by atoms with Crippen molar-refractivity contribution in [3.8, 4) is 0 Å². The van der Waals surface area contributed by atoms with Gasteiger partial charge in [-0.25, -0.2) is 0 Å². The monoisotopic (exact) mass is 312 g/mol. The van der Waals surface area contributed by atoms with Crippen LogP contribution in [-0.2, 0) is 4.74 Å². The van der Waals surface area contributed by atoms with Gasteiger partial charge in [0.05, 0.1) is 6.61 Å². The lowest BCUT2D eigenvalue weighted by Gasteiger charge is -2.22. The summed E-state index contributed by atoms with van der Waals surface area (Å²) in [6, 6.07) is 5.67. The van der Waals surface area contributed by atoms with Crippen LogP contribution in [0.2, 0.25) is 0 Å². The summed E-state index contributed by atoms with van der Waals surface area (Å²) < 4.78 is 5.82. The molecule has 98 valence electrons. The molecule has 4 nitrogen and oxygen atoms in total. The third-order valence-electron chi connectivity index (χ3n) is 3.03. The number of nitrogens with two attached hydrogens (primary N) is 1.